The van der Waals surface area contributed by atoms with Gasteiger partial charge in [0, 0.05) is 52.7 Å². The number of aliphatic carboxylic acids is 1. The predicted molar refractivity (Wildman–Crippen MR) is 250 cm³/mol. The summed E-state index contributed by atoms with van der Waals surface area (Å²) in [4.78, 5) is 83.8. The Morgan fingerprint density at radius 2 is 1.08 bits per heavy atom. The quantitative estimate of drug-likeness (QED) is 0.0276. The molecule has 0 bridgehead atoms. The van der Waals surface area contributed by atoms with E-state index in [1.54, 1.807) is 62.4 Å². The van der Waals surface area contributed by atoms with Crippen molar-refractivity contribution in [3.8, 4) is 33.9 Å². The molecule has 3 heterocycles. The third-order valence-electron chi connectivity index (χ3n) is 9.40. The minimum atomic E-state index is -1.58. The van der Waals surface area contributed by atoms with Gasteiger partial charge in [-0.25, -0.2) is 50.5 Å². The number of nitrogen functional groups attached to an aromatic ring is 1. The molecule has 3 N–H and O–H groups in total. The molecule has 4 aromatic carbocycles. The highest BCUT2D eigenvalue weighted by Gasteiger charge is 2.18. The van der Waals surface area contributed by atoms with Gasteiger partial charge in [-0.2, -0.15) is 10.2 Å². The number of carbonyl (C=O) groups is 5. The van der Waals surface area contributed by atoms with E-state index in [0.29, 0.717) is 28.1 Å². The number of nitrogens with one attached hydrogen (secondary N) is 1. The number of halogens is 6. The second-order valence-electron chi connectivity index (χ2n) is 14.8. The number of benzene rings is 4. The summed E-state index contributed by atoms with van der Waals surface area (Å²) < 4.78 is 92.0. The van der Waals surface area contributed by atoms with Gasteiger partial charge in [0.2, 0.25) is 0 Å². The monoisotopic (exact) mass is 1030 g/mol. The third kappa shape index (κ3) is 16.3. The number of esters is 2. The molecule has 74 heavy (non-hydrogen) atoms. The van der Waals surface area contributed by atoms with Gasteiger partial charge in [0.15, 0.2) is 46.6 Å². The summed E-state index contributed by atoms with van der Waals surface area (Å²) >= 11 is 0. The van der Waals surface area contributed by atoms with E-state index in [-0.39, 0.29) is 72.8 Å². The number of aromatic nitrogens is 6. The summed E-state index contributed by atoms with van der Waals surface area (Å²) in [5, 5.41) is 24.6. The first-order chi connectivity index (χ1) is 35.2. The van der Waals surface area contributed by atoms with Crippen molar-refractivity contribution >= 4 is 36.3 Å². The smallest absolute Gasteiger partial charge is 0.341 e. The average Bonchev–Trinajstić information content (AvgIpc) is 3.37. The highest BCUT2D eigenvalue weighted by Crippen LogP contribution is 2.24. The topological polar surface area (TPSA) is 272 Å². The number of carbonyl (C=O) groups excluding carboxylic acids is 5. The van der Waals surface area contributed by atoms with Gasteiger partial charge in [-0.05, 0) is 80.4 Å². The molecule has 0 radical (unpaired) electrons. The normalized spacial score (nSPS) is 10.3. The molecular formula is C50H41F6N8O10-. The van der Waals surface area contributed by atoms with Crippen LogP contribution in [0.2, 0.25) is 0 Å². The first kappa shape index (κ1) is 57.1. The van der Waals surface area contributed by atoms with Crippen molar-refractivity contribution < 1.29 is 64.9 Å². The Balaban J connectivity index is 0.000000261. The molecule has 0 unspecified atom stereocenters. The Bertz CT molecular complexity index is 3240. The lowest BCUT2D eigenvalue weighted by molar-refractivity contribution is -0.302. The van der Waals surface area contributed by atoms with Crippen LogP contribution in [0.3, 0.4) is 0 Å². The molecule has 0 aliphatic rings. The molecule has 0 fully saturated rings. The number of carboxylic acid groups (broad SMARTS) is 1. The van der Waals surface area contributed by atoms with E-state index >= 15 is 0 Å². The Hall–Kier alpha value is -9.48. The molecule has 18 nitrogen and oxygen atoms in total. The molecule has 0 aliphatic heterocycles. The third-order valence-corrected chi connectivity index (χ3v) is 9.40. The zero-order valence-electron chi connectivity index (χ0n) is 39.1. The van der Waals surface area contributed by atoms with E-state index in [4.69, 9.17) is 25.8 Å². The van der Waals surface area contributed by atoms with Gasteiger partial charge in [0.25, 0.3) is 11.1 Å². The van der Waals surface area contributed by atoms with Crippen molar-refractivity contribution in [1.29, 1.82) is 5.41 Å². The zero-order valence-corrected chi connectivity index (χ0v) is 39.1. The fraction of sp³-hybridized carbons (Fsp3) is 0.160. The Morgan fingerprint density at radius 3 is 1.50 bits per heavy atom. The van der Waals surface area contributed by atoms with Crippen LogP contribution in [0, 0.1) is 46.2 Å². The largest absolute Gasteiger partial charge is 0.550 e. The molecule has 0 aliphatic carbocycles. The summed E-state index contributed by atoms with van der Waals surface area (Å²) in [6, 6.07) is 22.0. The van der Waals surface area contributed by atoms with Crippen LogP contribution in [0.5, 0.6) is 0 Å². The van der Waals surface area contributed by atoms with Crippen LogP contribution >= 0.6 is 0 Å². The van der Waals surface area contributed by atoms with Crippen LogP contribution in [-0.4, -0.2) is 79.1 Å². The summed E-state index contributed by atoms with van der Waals surface area (Å²) in [7, 11) is 0. The summed E-state index contributed by atoms with van der Waals surface area (Å²) in [6.45, 7) is 4.81. The van der Waals surface area contributed by atoms with Gasteiger partial charge in [-0.15, -0.1) is 0 Å². The fourth-order valence-electron chi connectivity index (χ4n) is 6.01. The van der Waals surface area contributed by atoms with Gasteiger partial charge in [-0.3, -0.25) is 19.8 Å². The predicted octanol–water partition coefficient (Wildman–Crippen LogP) is 4.99. The van der Waals surface area contributed by atoms with Crippen LogP contribution in [0.1, 0.15) is 47.8 Å². The van der Waals surface area contributed by atoms with Crippen molar-refractivity contribution in [1.82, 2.24) is 29.5 Å². The molecule has 24 heteroatoms. The average molecular weight is 1030 g/mol. The number of hydrogen-bond donors (Lipinski definition) is 2. The van der Waals surface area contributed by atoms with E-state index in [1.807, 2.05) is 0 Å². The second kappa shape index (κ2) is 27.2. The van der Waals surface area contributed by atoms with E-state index in [2.05, 4.69) is 24.9 Å². The number of nitrogens with two attached hydrogens (primary N) is 1. The minimum absolute atomic E-state index is 0.00556. The number of nitrogens with zero attached hydrogens (tertiary/aromatic N) is 6. The van der Waals surface area contributed by atoms with Crippen molar-refractivity contribution in [2.24, 2.45) is 11.7 Å². The standard InChI is InChI=1S/C24H17F3N4O3.C18H13F3N4O.C6H8O4.C2H4O2/c1-2-34-24(33)17-11-28-23(29-12-17)15-5-3-4-14(8-15)13-31-21(32)7-6-20(30-31)16-9-18(25)22(27)19(26)10-16;19-13-7-12(8-14(20)17(13)21)15-4-5-16(26)25(24-15)9-10-2-1-3-11(6-10)18(22)23;1-2-10-6(9)5(3-7)4-8;1-2(3)4/h3-12H,2,13H2,1H3;1-8H,9H2,(H3,22,23);3-5H,2H2,1H3;1H3,(H,3,4)/p-1. The van der Waals surface area contributed by atoms with Gasteiger partial charge in [0.05, 0.1) is 43.3 Å². The van der Waals surface area contributed by atoms with Crippen LogP contribution in [0.25, 0.3) is 33.9 Å². The van der Waals surface area contributed by atoms with E-state index in [1.165, 1.54) is 36.7 Å². The van der Waals surface area contributed by atoms with Crippen molar-refractivity contribution in [3.05, 3.63) is 187 Å². The lowest BCUT2D eigenvalue weighted by Gasteiger charge is -2.09. The first-order valence-corrected chi connectivity index (χ1v) is 21.4. The number of rotatable bonds is 14. The van der Waals surface area contributed by atoms with E-state index in [0.717, 1.165) is 40.6 Å². The molecular weight excluding hydrogens is 987 g/mol. The summed E-state index contributed by atoms with van der Waals surface area (Å²) in [5.74, 6) is -11.9. The van der Waals surface area contributed by atoms with Crippen LogP contribution in [-0.2, 0) is 41.7 Å². The Labute approximate surface area is 415 Å². The molecule has 3 aromatic heterocycles. The highest BCUT2D eigenvalue weighted by molar-refractivity contribution is 6.02. The molecule has 384 valence electrons. The van der Waals surface area contributed by atoms with Gasteiger partial charge >= 0.3 is 11.9 Å². The maximum atomic E-state index is 13.6. The van der Waals surface area contributed by atoms with Crippen molar-refractivity contribution in [3.63, 3.8) is 0 Å². The molecule has 7 rings (SSSR count). The first-order valence-electron chi connectivity index (χ1n) is 21.4. The maximum Gasteiger partial charge on any atom is 0.341 e. The molecule has 7 aromatic rings. The summed E-state index contributed by atoms with van der Waals surface area (Å²) in [5.41, 5.74) is 7.51. The molecule has 0 saturated carbocycles. The molecule has 0 atom stereocenters. The maximum absolute atomic E-state index is 13.6. The fourth-order valence-corrected chi connectivity index (χ4v) is 6.01. The Morgan fingerprint density at radius 1 is 0.649 bits per heavy atom. The SMILES string of the molecule is CC(=O)[O-].CCOC(=O)C(C=O)C=O.CCOC(=O)c1cnc(-c2cccc(Cn3nc(-c4cc(F)c(F)c(F)c4)ccc3=O)c2)nc1.N=C(N)c1cccc(Cn2nc(-c3cc(F)c(F)c(F)c3)ccc2=O)c1. The Kier molecular flexibility index (Phi) is 21.0. The van der Waals surface area contributed by atoms with Crippen LogP contribution in [0.4, 0.5) is 26.3 Å². The number of hydrogen-bond acceptors (Lipinski definition) is 15. The van der Waals surface area contributed by atoms with Gasteiger partial charge < -0.3 is 34.7 Å². The second-order valence-corrected chi connectivity index (χ2v) is 14.8. The minimum Gasteiger partial charge on any atom is -0.550 e. The number of aldehydes is 2. The van der Waals surface area contributed by atoms with E-state index in [9.17, 15) is 55.1 Å². The number of carboxylic acids is 1. The lowest BCUT2D eigenvalue weighted by Crippen LogP contribution is -2.23. The van der Waals surface area contributed by atoms with Crippen LogP contribution in [0.15, 0.2) is 119 Å². The molecule has 0 spiro atoms. The molecule has 0 amide bonds. The van der Waals surface area contributed by atoms with Gasteiger partial charge in [0.1, 0.15) is 18.4 Å². The van der Waals surface area contributed by atoms with Gasteiger partial charge in [-0.1, -0.05) is 36.4 Å². The van der Waals surface area contributed by atoms with Crippen LogP contribution < -0.4 is 22.0 Å². The number of ether oxygens (including phenoxy) is 2. The number of amidine groups is 1. The van der Waals surface area contributed by atoms with Crippen molar-refractivity contribution in [2.75, 3.05) is 13.2 Å². The summed E-state index contributed by atoms with van der Waals surface area (Å²) in [6.07, 6.45) is 3.24. The van der Waals surface area contributed by atoms with E-state index < -0.39 is 69.8 Å². The zero-order chi connectivity index (χ0) is 54.6. The molecule has 0 saturated heterocycles. The lowest BCUT2D eigenvalue weighted by atomic mass is 10.1. The highest BCUT2D eigenvalue weighted by atomic mass is 19.2. The van der Waals surface area contributed by atoms with Crippen molar-refractivity contribution in [2.45, 2.75) is 33.9 Å².